The summed E-state index contributed by atoms with van der Waals surface area (Å²) >= 11 is 0. The first-order valence-corrected chi connectivity index (χ1v) is 4.38. The number of hydrogen-bond acceptors (Lipinski definition) is 5. The third-order valence-corrected chi connectivity index (χ3v) is 1.56. The van der Waals surface area contributed by atoms with Crippen LogP contribution in [0.1, 0.15) is 13.8 Å². The summed E-state index contributed by atoms with van der Waals surface area (Å²) in [5.74, 6) is -0.593. The average Bonchev–Trinajstić information content (AvgIpc) is 2.13. The van der Waals surface area contributed by atoms with Crippen LogP contribution in [0.5, 0.6) is 0 Å². The summed E-state index contributed by atoms with van der Waals surface area (Å²) in [6.07, 6.45) is -1.55. The SMILES string of the molecule is CCOC(=O)/C=C/[C@H](O)[C@H](O)[C@@H](C)O. The van der Waals surface area contributed by atoms with Crippen molar-refractivity contribution in [1.82, 2.24) is 0 Å². The van der Waals surface area contributed by atoms with Gasteiger partial charge in [-0.15, -0.1) is 0 Å². The molecule has 14 heavy (non-hydrogen) atoms. The molecule has 0 unspecified atom stereocenters. The number of ether oxygens (including phenoxy) is 1. The molecule has 82 valence electrons. The Morgan fingerprint density at radius 3 is 2.43 bits per heavy atom. The van der Waals surface area contributed by atoms with Gasteiger partial charge in [-0.1, -0.05) is 0 Å². The van der Waals surface area contributed by atoms with Crippen LogP contribution in [0.3, 0.4) is 0 Å². The van der Waals surface area contributed by atoms with Gasteiger partial charge in [0.05, 0.1) is 12.7 Å². The molecule has 0 spiro atoms. The molecule has 0 heterocycles. The van der Waals surface area contributed by atoms with E-state index >= 15 is 0 Å². The van der Waals surface area contributed by atoms with Gasteiger partial charge in [0.2, 0.25) is 0 Å². The molecule has 0 fully saturated rings. The van der Waals surface area contributed by atoms with Crippen LogP contribution in [0.2, 0.25) is 0 Å². The van der Waals surface area contributed by atoms with Gasteiger partial charge in [-0.25, -0.2) is 4.79 Å². The van der Waals surface area contributed by atoms with Gasteiger partial charge >= 0.3 is 5.97 Å². The normalized spacial score (nSPS) is 17.8. The molecule has 0 radical (unpaired) electrons. The summed E-state index contributed by atoms with van der Waals surface area (Å²) in [7, 11) is 0. The van der Waals surface area contributed by atoms with E-state index in [9.17, 15) is 9.90 Å². The molecule has 5 heteroatoms. The van der Waals surface area contributed by atoms with Crippen molar-refractivity contribution in [2.45, 2.75) is 32.2 Å². The van der Waals surface area contributed by atoms with E-state index in [1.54, 1.807) is 6.92 Å². The van der Waals surface area contributed by atoms with E-state index in [0.717, 1.165) is 12.2 Å². The Labute approximate surface area is 82.6 Å². The van der Waals surface area contributed by atoms with Crippen molar-refractivity contribution in [2.24, 2.45) is 0 Å². The highest BCUT2D eigenvalue weighted by molar-refractivity contribution is 5.81. The fraction of sp³-hybridized carbons (Fsp3) is 0.667. The molecular weight excluding hydrogens is 188 g/mol. The quantitative estimate of drug-likeness (QED) is 0.403. The highest BCUT2D eigenvalue weighted by atomic mass is 16.5. The Kier molecular flexibility index (Phi) is 6.11. The van der Waals surface area contributed by atoms with E-state index in [4.69, 9.17) is 10.2 Å². The highest BCUT2D eigenvalue weighted by Gasteiger charge is 2.18. The predicted octanol–water partition coefficient (Wildman–Crippen LogP) is -0.792. The number of hydrogen-bond donors (Lipinski definition) is 3. The number of esters is 1. The Morgan fingerprint density at radius 2 is 2.00 bits per heavy atom. The second-order valence-corrected chi connectivity index (χ2v) is 2.83. The van der Waals surface area contributed by atoms with Crippen molar-refractivity contribution < 1.29 is 24.9 Å². The molecular formula is C9H16O5. The second-order valence-electron chi connectivity index (χ2n) is 2.83. The third kappa shape index (κ3) is 4.96. The molecule has 0 amide bonds. The molecule has 0 aromatic carbocycles. The van der Waals surface area contributed by atoms with E-state index in [0.29, 0.717) is 0 Å². The van der Waals surface area contributed by atoms with Crippen LogP contribution in [0.4, 0.5) is 0 Å². The lowest BCUT2D eigenvalue weighted by atomic mass is 10.1. The van der Waals surface area contributed by atoms with Crippen molar-refractivity contribution in [3.63, 3.8) is 0 Å². The maximum absolute atomic E-state index is 10.8. The Hall–Kier alpha value is -0.910. The Balaban J connectivity index is 4.04. The lowest BCUT2D eigenvalue weighted by molar-refractivity contribution is -0.137. The summed E-state index contributed by atoms with van der Waals surface area (Å²) < 4.78 is 4.55. The first-order valence-electron chi connectivity index (χ1n) is 4.38. The minimum atomic E-state index is -1.30. The van der Waals surface area contributed by atoms with Crippen LogP contribution < -0.4 is 0 Å². The molecule has 0 aliphatic heterocycles. The molecule has 5 nitrogen and oxygen atoms in total. The summed E-state index contributed by atoms with van der Waals surface area (Å²) in [5.41, 5.74) is 0. The zero-order chi connectivity index (χ0) is 11.1. The van der Waals surface area contributed by atoms with E-state index in [2.05, 4.69) is 4.74 Å². The third-order valence-electron chi connectivity index (χ3n) is 1.56. The molecule has 3 N–H and O–H groups in total. The van der Waals surface area contributed by atoms with E-state index in [1.165, 1.54) is 6.92 Å². The fourth-order valence-corrected chi connectivity index (χ4v) is 0.767. The van der Waals surface area contributed by atoms with Crippen LogP contribution in [0.25, 0.3) is 0 Å². The van der Waals surface area contributed by atoms with Gasteiger partial charge in [0.25, 0.3) is 0 Å². The maximum Gasteiger partial charge on any atom is 0.330 e. The predicted molar refractivity (Wildman–Crippen MR) is 49.5 cm³/mol. The number of aliphatic hydroxyl groups excluding tert-OH is 3. The molecule has 0 aromatic rings. The van der Waals surface area contributed by atoms with E-state index in [1.807, 2.05) is 0 Å². The van der Waals surface area contributed by atoms with Crippen molar-refractivity contribution >= 4 is 5.97 Å². The van der Waals surface area contributed by atoms with Gasteiger partial charge in [0.15, 0.2) is 0 Å². The molecule has 0 bridgehead atoms. The van der Waals surface area contributed by atoms with E-state index in [-0.39, 0.29) is 6.61 Å². The van der Waals surface area contributed by atoms with Crippen molar-refractivity contribution in [2.75, 3.05) is 6.61 Å². The van der Waals surface area contributed by atoms with Crippen LogP contribution in [-0.2, 0) is 9.53 Å². The zero-order valence-electron chi connectivity index (χ0n) is 8.25. The van der Waals surface area contributed by atoms with Gasteiger partial charge < -0.3 is 20.1 Å². The van der Waals surface area contributed by atoms with Crippen LogP contribution in [-0.4, -0.2) is 46.2 Å². The van der Waals surface area contributed by atoms with E-state index < -0.39 is 24.3 Å². The molecule has 0 aliphatic carbocycles. The Morgan fingerprint density at radius 1 is 1.43 bits per heavy atom. The van der Waals surface area contributed by atoms with Crippen LogP contribution in [0.15, 0.2) is 12.2 Å². The standard InChI is InChI=1S/C9H16O5/c1-3-14-8(12)5-4-7(11)9(13)6(2)10/h4-7,9-11,13H,3H2,1-2H3/b5-4+/t6-,7+,9-/m1/s1. The lowest BCUT2D eigenvalue weighted by Gasteiger charge is -2.16. The molecule has 3 atom stereocenters. The summed E-state index contributed by atoms with van der Waals surface area (Å²) in [4.78, 5) is 10.8. The highest BCUT2D eigenvalue weighted by Crippen LogP contribution is 2.01. The molecule has 0 rings (SSSR count). The summed E-state index contributed by atoms with van der Waals surface area (Å²) in [6.45, 7) is 3.25. The largest absolute Gasteiger partial charge is 0.463 e. The number of aliphatic hydroxyl groups is 3. The number of rotatable bonds is 5. The minimum Gasteiger partial charge on any atom is -0.463 e. The van der Waals surface area contributed by atoms with Crippen molar-refractivity contribution in [3.8, 4) is 0 Å². The summed E-state index contributed by atoms with van der Waals surface area (Å²) in [5, 5.41) is 27.2. The molecule has 0 aliphatic rings. The average molecular weight is 204 g/mol. The first kappa shape index (κ1) is 13.1. The molecule has 0 aromatic heterocycles. The minimum absolute atomic E-state index is 0.248. The van der Waals surface area contributed by atoms with Gasteiger partial charge in [0.1, 0.15) is 12.2 Å². The van der Waals surface area contributed by atoms with Gasteiger partial charge in [-0.05, 0) is 19.9 Å². The topological polar surface area (TPSA) is 87.0 Å². The van der Waals surface area contributed by atoms with Crippen LogP contribution >= 0.6 is 0 Å². The number of carbonyl (C=O) groups is 1. The maximum atomic E-state index is 10.8. The van der Waals surface area contributed by atoms with Crippen LogP contribution in [0, 0.1) is 0 Å². The second kappa shape index (κ2) is 6.53. The van der Waals surface area contributed by atoms with Gasteiger partial charge in [-0.3, -0.25) is 0 Å². The van der Waals surface area contributed by atoms with Crippen molar-refractivity contribution in [1.29, 1.82) is 0 Å². The van der Waals surface area contributed by atoms with Crippen molar-refractivity contribution in [3.05, 3.63) is 12.2 Å². The zero-order valence-corrected chi connectivity index (χ0v) is 8.25. The Bertz CT molecular complexity index is 199. The smallest absolute Gasteiger partial charge is 0.330 e. The molecule has 0 saturated heterocycles. The van der Waals surface area contributed by atoms with Gasteiger partial charge in [-0.2, -0.15) is 0 Å². The van der Waals surface area contributed by atoms with Gasteiger partial charge in [0, 0.05) is 6.08 Å². The fourth-order valence-electron chi connectivity index (χ4n) is 0.767. The lowest BCUT2D eigenvalue weighted by Crippen LogP contribution is -2.34. The molecule has 0 saturated carbocycles. The number of carbonyl (C=O) groups excluding carboxylic acids is 1. The summed E-state index contributed by atoms with van der Waals surface area (Å²) in [6, 6.07) is 0. The first-order chi connectivity index (χ1) is 6.49. The monoisotopic (exact) mass is 204 g/mol.